The third-order valence-corrected chi connectivity index (χ3v) is 3.21. The summed E-state index contributed by atoms with van der Waals surface area (Å²) in [5.74, 6) is -0.784. The molecule has 0 bridgehead atoms. The van der Waals surface area contributed by atoms with Crippen molar-refractivity contribution in [2.75, 3.05) is 0 Å². The molecule has 2 aromatic rings. The number of halogens is 1. The van der Waals surface area contributed by atoms with Gasteiger partial charge in [-0.2, -0.15) is 9.49 Å². The summed E-state index contributed by atoms with van der Waals surface area (Å²) in [7, 11) is 0. The van der Waals surface area contributed by atoms with Crippen LogP contribution in [-0.2, 0) is 19.4 Å². The van der Waals surface area contributed by atoms with E-state index in [-0.39, 0.29) is 12.1 Å². The van der Waals surface area contributed by atoms with E-state index in [1.807, 2.05) is 19.9 Å². The number of nitro benzene ring substituents is 1. The lowest BCUT2D eigenvalue weighted by molar-refractivity contribution is -0.387. The summed E-state index contributed by atoms with van der Waals surface area (Å²) in [6, 6.07) is 6.19. The first-order valence-electron chi connectivity index (χ1n) is 6.54. The van der Waals surface area contributed by atoms with Crippen LogP contribution in [0.2, 0.25) is 0 Å². The topological polar surface area (TPSA) is 61.0 Å². The fourth-order valence-electron chi connectivity index (χ4n) is 2.10. The van der Waals surface area contributed by atoms with Gasteiger partial charge in [-0.25, -0.2) is 0 Å². The van der Waals surface area contributed by atoms with Crippen molar-refractivity contribution in [1.29, 1.82) is 0 Å². The van der Waals surface area contributed by atoms with Gasteiger partial charge < -0.3 is 0 Å². The van der Waals surface area contributed by atoms with E-state index < -0.39 is 16.4 Å². The molecule has 0 unspecified atom stereocenters. The number of aryl methyl sites for hydroxylation is 2. The number of nitro groups is 1. The molecule has 0 atom stereocenters. The first-order chi connectivity index (χ1) is 9.56. The molecule has 0 saturated heterocycles. The fourth-order valence-corrected chi connectivity index (χ4v) is 2.10. The summed E-state index contributed by atoms with van der Waals surface area (Å²) in [6.07, 6.45) is 1.58. The van der Waals surface area contributed by atoms with Crippen molar-refractivity contribution in [3.05, 3.63) is 57.1 Å². The molecule has 106 valence electrons. The molecule has 0 N–H and O–H groups in total. The van der Waals surface area contributed by atoms with Crippen LogP contribution in [-0.4, -0.2) is 14.7 Å². The molecule has 0 saturated carbocycles. The lowest BCUT2D eigenvalue weighted by Gasteiger charge is -2.07. The third-order valence-electron chi connectivity index (χ3n) is 3.21. The fraction of sp³-hybridized carbons (Fsp3) is 0.357. The van der Waals surface area contributed by atoms with Crippen molar-refractivity contribution < 1.29 is 9.31 Å². The van der Waals surface area contributed by atoms with Crippen LogP contribution in [0.1, 0.15) is 30.8 Å². The summed E-state index contributed by atoms with van der Waals surface area (Å²) in [6.45, 7) is 4.20. The summed E-state index contributed by atoms with van der Waals surface area (Å²) in [4.78, 5) is 10.0. The molecule has 0 fully saturated rings. The number of hydrogen-bond acceptors (Lipinski definition) is 3. The molecule has 6 heteroatoms. The first-order valence-corrected chi connectivity index (χ1v) is 6.54. The average Bonchev–Trinajstić information content (AvgIpc) is 2.83. The number of benzene rings is 1. The Morgan fingerprint density at radius 3 is 2.70 bits per heavy atom. The zero-order valence-electron chi connectivity index (χ0n) is 11.5. The van der Waals surface area contributed by atoms with Crippen LogP contribution in [0.15, 0.2) is 24.3 Å². The lowest BCUT2D eigenvalue weighted by Crippen LogP contribution is -2.08. The molecule has 5 nitrogen and oxygen atoms in total. The molecule has 0 amide bonds. The second-order valence-corrected chi connectivity index (χ2v) is 4.50. The molecule has 0 aliphatic heterocycles. The van der Waals surface area contributed by atoms with E-state index in [0.29, 0.717) is 0 Å². The van der Waals surface area contributed by atoms with E-state index >= 15 is 0 Å². The van der Waals surface area contributed by atoms with Gasteiger partial charge in [-0.1, -0.05) is 26.0 Å². The minimum atomic E-state index is -0.784. The number of rotatable bonds is 5. The van der Waals surface area contributed by atoms with E-state index in [9.17, 15) is 14.5 Å². The Balaban J connectivity index is 2.37. The van der Waals surface area contributed by atoms with Crippen LogP contribution in [0.3, 0.4) is 0 Å². The molecule has 0 aliphatic carbocycles. The van der Waals surface area contributed by atoms with Crippen molar-refractivity contribution in [3.63, 3.8) is 0 Å². The number of aromatic nitrogens is 2. The van der Waals surface area contributed by atoms with E-state index in [1.165, 1.54) is 12.1 Å². The maximum Gasteiger partial charge on any atom is 0.305 e. The van der Waals surface area contributed by atoms with Crippen LogP contribution in [0, 0.1) is 15.9 Å². The van der Waals surface area contributed by atoms with Crippen molar-refractivity contribution in [1.82, 2.24) is 9.78 Å². The molecule has 1 heterocycles. The van der Waals surface area contributed by atoms with Gasteiger partial charge in [0.1, 0.15) is 0 Å². The minimum absolute atomic E-state index is 0.205. The minimum Gasteiger partial charge on any atom is -0.265 e. The number of nitrogens with zero attached hydrogens (tertiary/aromatic N) is 3. The molecule has 0 radical (unpaired) electrons. The van der Waals surface area contributed by atoms with Gasteiger partial charge in [0.25, 0.3) is 0 Å². The molecule has 0 spiro atoms. The van der Waals surface area contributed by atoms with Gasteiger partial charge in [0.15, 0.2) is 0 Å². The van der Waals surface area contributed by atoms with Gasteiger partial charge in [0.2, 0.25) is 5.82 Å². The van der Waals surface area contributed by atoms with E-state index in [0.717, 1.165) is 24.2 Å². The summed E-state index contributed by atoms with van der Waals surface area (Å²) < 4.78 is 15.8. The predicted octanol–water partition coefficient (Wildman–Crippen LogP) is 3.10. The highest BCUT2D eigenvalue weighted by molar-refractivity contribution is 5.37. The van der Waals surface area contributed by atoms with Crippen LogP contribution in [0.25, 0.3) is 0 Å². The van der Waals surface area contributed by atoms with Crippen LogP contribution < -0.4 is 0 Å². The first kappa shape index (κ1) is 14.2. The summed E-state index contributed by atoms with van der Waals surface area (Å²) >= 11 is 0. The number of hydrogen-bond donors (Lipinski definition) is 0. The van der Waals surface area contributed by atoms with Gasteiger partial charge in [-0.15, -0.1) is 0 Å². The average molecular weight is 277 g/mol. The Morgan fingerprint density at radius 2 is 2.10 bits per heavy atom. The summed E-state index contributed by atoms with van der Waals surface area (Å²) in [5, 5.41) is 15.1. The van der Waals surface area contributed by atoms with Crippen molar-refractivity contribution in [2.45, 2.75) is 33.2 Å². The SMILES string of the molecule is CCc1cc(CC)n(Cc2cccc([N+](=O)[O-])c2F)n1. The Kier molecular flexibility index (Phi) is 4.12. The molecule has 0 aliphatic rings. The molecule has 20 heavy (non-hydrogen) atoms. The zero-order chi connectivity index (χ0) is 14.7. The van der Waals surface area contributed by atoms with Gasteiger partial charge in [-0.3, -0.25) is 14.8 Å². The molecule has 2 rings (SSSR count). The smallest absolute Gasteiger partial charge is 0.265 e. The predicted molar refractivity (Wildman–Crippen MR) is 73.1 cm³/mol. The molecule has 1 aromatic heterocycles. The maximum absolute atomic E-state index is 14.1. The second kappa shape index (κ2) is 5.81. The Bertz CT molecular complexity index is 637. The highest BCUT2D eigenvalue weighted by Crippen LogP contribution is 2.21. The van der Waals surface area contributed by atoms with Crippen LogP contribution in [0.4, 0.5) is 10.1 Å². The maximum atomic E-state index is 14.1. The van der Waals surface area contributed by atoms with E-state index in [2.05, 4.69) is 5.10 Å². The largest absolute Gasteiger partial charge is 0.305 e. The van der Waals surface area contributed by atoms with Gasteiger partial charge in [0, 0.05) is 17.3 Å². The molecular weight excluding hydrogens is 261 g/mol. The monoisotopic (exact) mass is 277 g/mol. The summed E-state index contributed by atoms with van der Waals surface area (Å²) in [5.41, 5.74) is 1.71. The van der Waals surface area contributed by atoms with Crippen molar-refractivity contribution in [3.8, 4) is 0 Å². The second-order valence-electron chi connectivity index (χ2n) is 4.50. The lowest BCUT2D eigenvalue weighted by atomic mass is 10.2. The highest BCUT2D eigenvalue weighted by Gasteiger charge is 2.18. The normalized spacial score (nSPS) is 10.8. The Morgan fingerprint density at radius 1 is 1.35 bits per heavy atom. The molecular formula is C14H16FN3O2. The highest BCUT2D eigenvalue weighted by atomic mass is 19.1. The van der Waals surface area contributed by atoms with Gasteiger partial charge in [-0.05, 0) is 18.9 Å². The van der Waals surface area contributed by atoms with Gasteiger partial charge >= 0.3 is 5.69 Å². The quantitative estimate of drug-likeness (QED) is 0.623. The molecule has 1 aromatic carbocycles. The van der Waals surface area contributed by atoms with E-state index in [4.69, 9.17) is 0 Å². The van der Waals surface area contributed by atoms with Crippen molar-refractivity contribution >= 4 is 5.69 Å². The van der Waals surface area contributed by atoms with Crippen LogP contribution >= 0.6 is 0 Å². The third kappa shape index (κ3) is 2.68. The van der Waals surface area contributed by atoms with Crippen molar-refractivity contribution in [2.24, 2.45) is 0 Å². The van der Waals surface area contributed by atoms with Crippen LogP contribution in [0.5, 0.6) is 0 Å². The van der Waals surface area contributed by atoms with E-state index in [1.54, 1.807) is 10.7 Å². The van der Waals surface area contributed by atoms with Gasteiger partial charge in [0.05, 0.1) is 17.2 Å². The Labute approximate surface area is 116 Å². The zero-order valence-corrected chi connectivity index (χ0v) is 11.5. The Hall–Kier alpha value is -2.24. The standard InChI is InChI=1S/C14H16FN3O2/c1-3-11-8-12(4-2)17(16-11)9-10-6-5-7-13(14(10)15)18(19)20/h5-8H,3-4,9H2,1-2H3.